The molecular formula is C20H34N2O2. The Balaban J connectivity index is 2.43. The fraction of sp³-hybridized carbons (Fsp3) is 0.750. The van der Waals surface area contributed by atoms with Gasteiger partial charge in [0.15, 0.2) is 5.75 Å². The predicted octanol–water partition coefficient (Wildman–Crippen LogP) is 4.95. The maximum atomic E-state index is 6.05. The highest BCUT2D eigenvalue weighted by atomic mass is 16.5. The minimum absolute atomic E-state index is 0.0398. The van der Waals surface area contributed by atoms with Crippen molar-refractivity contribution in [2.75, 3.05) is 18.1 Å². The summed E-state index contributed by atoms with van der Waals surface area (Å²) in [6.45, 7) is 12.7. The lowest BCUT2D eigenvalue weighted by molar-refractivity contribution is 0.128. The Labute approximate surface area is 147 Å². The zero-order valence-corrected chi connectivity index (χ0v) is 16.1. The van der Waals surface area contributed by atoms with E-state index < -0.39 is 0 Å². The normalized spacial score (nSPS) is 16.2. The zero-order chi connectivity index (χ0) is 17.6. The van der Waals surface area contributed by atoms with Gasteiger partial charge in [-0.3, -0.25) is 4.98 Å². The molecule has 0 aliphatic heterocycles. The quantitative estimate of drug-likeness (QED) is 0.706. The number of pyridine rings is 1. The molecule has 0 amide bonds. The Bertz CT molecular complexity index is 505. The number of ether oxygens (including phenoxy) is 2. The molecule has 2 rings (SSSR count). The minimum atomic E-state index is 0.0398. The van der Waals surface area contributed by atoms with Crippen molar-refractivity contribution in [1.29, 1.82) is 0 Å². The summed E-state index contributed by atoms with van der Waals surface area (Å²) in [5, 5.41) is 0. The summed E-state index contributed by atoms with van der Waals surface area (Å²) in [7, 11) is 0. The van der Waals surface area contributed by atoms with Gasteiger partial charge in [0.2, 0.25) is 0 Å². The average molecular weight is 335 g/mol. The van der Waals surface area contributed by atoms with E-state index in [1.54, 1.807) is 0 Å². The van der Waals surface area contributed by atoms with Crippen LogP contribution in [0.2, 0.25) is 0 Å². The summed E-state index contributed by atoms with van der Waals surface area (Å²) < 4.78 is 11.7. The third-order valence-electron chi connectivity index (χ3n) is 4.61. The first-order valence-electron chi connectivity index (χ1n) is 9.46. The van der Waals surface area contributed by atoms with Gasteiger partial charge in [-0.25, -0.2) is 0 Å². The molecule has 0 atom stereocenters. The molecule has 1 aromatic heterocycles. The zero-order valence-electron chi connectivity index (χ0n) is 16.1. The van der Waals surface area contributed by atoms with Gasteiger partial charge in [-0.1, -0.05) is 19.3 Å². The Morgan fingerprint density at radius 2 is 1.83 bits per heavy atom. The SMILES string of the molecule is CCOCc1nccc(N(C2CCCCC2)C(C)(C)C)c1OCC. The van der Waals surface area contributed by atoms with Gasteiger partial charge in [-0.05, 0) is 53.5 Å². The van der Waals surface area contributed by atoms with Gasteiger partial charge in [-0.15, -0.1) is 0 Å². The van der Waals surface area contributed by atoms with Gasteiger partial charge in [0.25, 0.3) is 0 Å². The van der Waals surface area contributed by atoms with Crippen molar-refractivity contribution in [3.8, 4) is 5.75 Å². The third-order valence-corrected chi connectivity index (χ3v) is 4.61. The van der Waals surface area contributed by atoms with Gasteiger partial charge in [0.05, 0.1) is 18.9 Å². The highest BCUT2D eigenvalue weighted by Gasteiger charge is 2.33. The van der Waals surface area contributed by atoms with E-state index in [1.807, 2.05) is 20.0 Å². The number of hydrogen-bond acceptors (Lipinski definition) is 4. The fourth-order valence-corrected chi connectivity index (χ4v) is 3.72. The molecule has 0 spiro atoms. The van der Waals surface area contributed by atoms with E-state index >= 15 is 0 Å². The highest BCUT2D eigenvalue weighted by molar-refractivity contribution is 5.62. The van der Waals surface area contributed by atoms with E-state index in [0.717, 1.165) is 11.4 Å². The van der Waals surface area contributed by atoms with E-state index in [-0.39, 0.29) is 5.54 Å². The second-order valence-electron chi connectivity index (χ2n) is 7.51. The first-order valence-corrected chi connectivity index (χ1v) is 9.46. The number of hydrogen-bond donors (Lipinski definition) is 0. The van der Waals surface area contributed by atoms with E-state index in [4.69, 9.17) is 9.47 Å². The average Bonchev–Trinajstić information content (AvgIpc) is 2.55. The van der Waals surface area contributed by atoms with Crippen LogP contribution in [-0.4, -0.2) is 29.8 Å². The number of rotatable bonds is 7. The molecule has 0 radical (unpaired) electrons. The molecule has 24 heavy (non-hydrogen) atoms. The monoisotopic (exact) mass is 334 g/mol. The van der Waals surface area contributed by atoms with Crippen LogP contribution in [0.4, 0.5) is 5.69 Å². The van der Waals surface area contributed by atoms with Gasteiger partial charge in [-0.2, -0.15) is 0 Å². The van der Waals surface area contributed by atoms with Crippen LogP contribution in [0, 0.1) is 0 Å². The maximum Gasteiger partial charge on any atom is 0.166 e. The fourth-order valence-electron chi connectivity index (χ4n) is 3.72. The Morgan fingerprint density at radius 3 is 2.42 bits per heavy atom. The molecule has 0 N–H and O–H groups in total. The van der Waals surface area contributed by atoms with Crippen molar-refractivity contribution >= 4 is 5.69 Å². The van der Waals surface area contributed by atoms with Crippen LogP contribution in [-0.2, 0) is 11.3 Å². The summed E-state index contributed by atoms with van der Waals surface area (Å²) in [6.07, 6.45) is 8.40. The highest BCUT2D eigenvalue weighted by Crippen LogP contribution is 2.40. The molecule has 1 heterocycles. The standard InChI is InChI=1S/C20H34N2O2/c1-6-23-15-17-19(24-7-2)18(13-14-21-17)22(20(3,4)5)16-11-9-8-10-12-16/h13-14,16H,6-12,15H2,1-5H3. The molecule has 4 nitrogen and oxygen atoms in total. The van der Waals surface area contributed by atoms with Crippen molar-refractivity contribution < 1.29 is 9.47 Å². The molecule has 1 fully saturated rings. The predicted molar refractivity (Wildman–Crippen MR) is 99.8 cm³/mol. The Kier molecular flexibility index (Phi) is 6.90. The molecular weight excluding hydrogens is 300 g/mol. The van der Waals surface area contributed by atoms with Crippen LogP contribution < -0.4 is 9.64 Å². The summed E-state index contributed by atoms with van der Waals surface area (Å²) in [5.74, 6) is 0.897. The van der Waals surface area contributed by atoms with Crippen molar-refractivity contribution in [2.45, 2.75) is 84.9 Å². The lowest BCUT2D eigenvalue weighted by Gasteiger charge is -2.46. The Hall–Kier alpha value is -1.29. The van der Waals surface area contributed by atoms with Crippen LogP contribution in [0.25, 0.3) is 0 Å². The van der Waals surface area contributed by atoms with E-state index in [1.165, 1.54) is 37.8 Å². The molecule has 0 bridgehead atoms. The number of anilines is 1. The first kappa shape index (κ1) is 19.0. The summed E-state index contributed by atoms with van der Waals surface area (Å²) in [4.78, 5) is 7.09. The van der Waals surface area contributed by atoms with Gasteiger partial charge >= 0.3 is 0 Å². The molecule has 0 aromatic carbocycles. The Morgan fingerprint density at radius 1 is 1.12 bits per heavy atom. The topological polar surface area (TPSA) is 34.6 Å². The maximum absolute atomic E-state index is 6.05. The lowest BCUT2D eigenvalue weighted by atomic mass is 9.90. The molecule has 1 aliphatic rings. The largest absolute Gasteiger partial charge is 0.490 e. The number of aromatic nitrogens is 1. The molecule has 1 saturated carbocycles. The van der Waals surface area contributed by atoms with Gasteiger partial charge in [0.1, 0.15) is 5.69 Å². The molecule has 136 valence electrons. The second kappa shape index (κ2) is 8.70. The van der Waals surface area contributed by atoms with Crippen molar-refractivity contribution in [1.82, 2.24) is 4.98 Å². The second-order valence-corrected chi connectivity index (χ2v) is 7.51. The van der Waals surface area contributed by atoms with E-state index in [0.29, 0.717) is 25.9 Å². The molecule has 4 heteroatoms. The van der Waals surface area contributed by atoms with Crippen LogP contribution in [0.15, 0.2) is 12.3 Å². The molecule has 0 saturated heterocycles. The third kappa shape index (κ3) is 4.62. The van der Waals surface area contributed by atoms with Crippen LogP contribution >= 0.6 is 0 Å². The molecule has 1 aliphatic carbocycles. The molecule has 0 unspecified atom stereocenters. The van der Waals surface area contributed by atoms with Crippen LogP contribution in [0.3, 0.4) is 0 Å². The van der Waals surface area contributed by atoms with Crippen LogP contribution in [0.5, 0.6) is 5.75 Å². The molecule has 1 aromatic rings. The lowest BCUT2D eigenvalue weighted by Crippen LogP contribution is -2.49. The summed E-state index contributed by atoms with van der Waals surface area (Å²) in [5.41, 5.74) is 2.11. The van der Waals surface area contributed by atoms with Crippen molar-refractivity contribution in [3.05, 3.63) is 18.0 Å². The summed E-state index contributed by atoms with van der Waals surface area (Å²) >= 11 is 0. The van der Waals surface area contributed by atoms with Crippen molar-refractivity contribution in [3.63, 3.8) is 0 Å². The smallest absolute Gasteiger partial charge is 0.166 e. The minimum Gasteiger partial charge on any atom is -0.490 e. The van der Waals surface area contributed by atoms with Crippen molar-refractivity contribution in [2.24, 2.45) is 0 Å². The first-order chi connectivity index (χ1) is 11.5. The van der Waals surface area contributed by atoms with E-state index in [2.05, 4.69) is 36.7 Å². The van der Waals surface area contributed by atoms with Gasteiger partial charge < -0.3 is 14.4 Å². The summed E-state index contributed by atoms with van der Waals surface area (Å²) in [6, 6.07) is 2.68. The van der Waals surface area contributed by atoms with Crippen LogP contribution in [0.1, 0.15) is 72.4 Å². The van der Waals surface area contributed by atoms with E-state index in [9.17, 15) is 0 Å². The number of nitrogens with zero attached hydrogens (tertiary/aromatic N) is 2. The van der Waals surface area contributed by atoms with Gasteiger partial charge in [0, 0.05) is 24.4 Å².